The van der Waals surface area contributed by atoms with Gasteiger partial charge in [-0.3, -0.25) is 4.79 Å². The predicted molar refractivity (Wildman–Crippen MR) is 199 cm³/mol. The monoisotopic (exact) mass is 681 g/mol. The number of hydrogen-bond donors (Lipinski definition) is 3. The standard InChI is InChI=1S/C41H27N7O4/c49-35-23-18-25-8-4-6-12-32(25)36(35)45-43-30-19-14-26(15-20-30)40-47-48-41(52-40)27-16-21-31(22-17-27)44-46-37-33-13-7-5-9-28(33)24-34(38(37)50)39(51)42-29-10-2-1-3-11-29/h1-24,49-50H,(H,42,51). The molecule has 0 aliphatic carbocycles. The van der Waals surface area contributed by atoms with Gasteiger partial charge in [-0.25, -0.2) is 0 Å². The second-order valence-electron chi connectivity index (χ2n) is 11.7. The normalized spacial score (nSPS) is 11.5. The van der Waals surface area contributed by atoms with Crippen LogP contribution in [0, 0.1) is 0 Å². The van der Waals surface area contributed by atoms with E-state index in [1.54, 1.807) is 72.8 Å². The van der Waals surface area contributed by atoms with Crippen molar-refractivity contribution >= 4 is 55.9 Å². The van der Waals surface area contributed by atoms with Crippen molar-refractivity contribution in [3.8, 4) is 34.4 Å². The highest BCUT2D eigenvalue weighted by Crippen LogP contribution is 2.40. The quantitative estimate of drug-likeness (QED) is 0.135. The summed E-state index contributed by atoms with van der Waals surface area (Å²) >= 11 is 0. The van der Waals surface area contributed by atoms with Crippen molar-refractivity contribution in [2.24, 2.45) is 20.5 Å². The van der Waals surface area contributed by atoms with Crippen LogP contribution in [0.5, 0.6) is 11.5 Å². The third kappa shape index (κ3) is 6.44. The molecule has 0 aliphatic heterocycles. The van der Waals surface area contributed by atoms with E-state index in [-0.39, 0.29) is 22.7 Å². The second kappa shape index (κ2) is 13.8. The highest BCUT2D eigenvalue weighted by Gasteiger charge is 2.19. The molecule has 1 aromatic heterocycles. The van der Waals surface area contributed by atoms with E-state index in [0.29, 0.717) is 51.0 Å². The second-order valence-corrected chi connectivity index (χ2v) is 11.7. The first-order chi connectivity index (χ1) is 25.5. The molecule has 0 saturated heterocycles. The first kappa shape index (κ1) is 31.7. The van der Waals surface area contributed by atoms with Crippen LogP contribution in [0.3, 0.4) is 0 Å². The van der Waals surface area contributed by atoms with Crippen molar-refractivity contribution in [3.63, 3.8) is 0 Å². The summed E-state index contributed by atoms with van der Waals surface area (Å²) in [5.41, 5.74) is 3.74. The Bertz CT molecular complexity index is 2640. The zero-order valence-corrected chi connectivity index (χ0v) is 27.3. The van der Waals surface area contributed by atoms with Crippen molar-refractivity contribution in [2.45, 2.75) is 0 Å². The van der Waals surface area contributed by atoms with Gasteiger partial charge in [0.25, 0.3) is 5.91 Å². The third-order valence-electron chi connectivity index (χ3n) is 8.34. The molecule has 0 bridgehead atoms. The molecule has 0 atom stereocenters. The predicted octanol–water partition coefficient (Wildman–Crippen LogP) is 11.2. The van der Waals surface area contributed by atoms with E-state index in [0.717, 1.165) is 16.2 Å². The first-order valence-corrected chi connectivity index (χ1v) is 16.2. The molecular formula is C41H27N7O4. The zero-order chi connectivity index (χ0) is 35.4. The Morgan fingerprint density at radius 1 is 0.558 bits per heavy atom. The van der Waals surface area contributed by atoms with Gasteiger partial charge < -0.3 is 19.9 Å². The minimum atomic E-state index is -0.464. The lowest BCUT2D eigenvalue weighted by atomic mass is 10.0. The summed E-state index contributed by atoms with van der Waals surface area (Å²) in [6, 6.07) is 43.3. The van der Waals surface area contributed by atoms with Crippen LogP contribution in [0.1, 0.15) is 10.4 Å². The van der Waals surface area contributed by atoms with E-state index in [2.05, 4.69) is 36.0 Å². The van der Waals surface area contributed by atoms with Crippen molar-refractivity contribution < 1.29 is 19.4 Å². The van der Waals surface area contributed by atoms with Gasteiger partial charge in [-0.1, -0.05) is 72.8 Å². The number of hydrogen-bond acceptors (Lipinski definition) is 10. The van der Waals surface area contributed by atoms with Gasteiger partial charge in [0.2, 0.25) is 11.8 Å². The minimum Gasteiger partial charge on any atom is -0.506 e. The Morgan fingerprint density at radius 2 is 1.10 bits per heavy atom. The Kier molecular flexibility index (Phi) is 8.40. The first-order valence-electron chi connectivity index (χ1n) is 16.2. The van der Waals surface area contributed by atoms with Crippen LogP contribution >= 0.6 is 0 Å². The van der Waals surface area contributed by atoms with E-state index in [1.807, 2.05) is 72.8 Å². The molecular weight excluding hydrogens is 654 g/mol. The van der Waals surface area contributed by atoms with Gasteiger partial charge in [0, 0.05) is 27.6 Å². The summed E-state index contributed by atoms with van der Waals surface area (Å²) < 4.78 is 5.97. The van der Waals surface area contributed by atoms with Gasteiger partial charge in [0.05, 0.1) is 16.9 Å². The fourth-order valence-corrected chi connectivity index (χ4v) is 5.67. The van der Waals surface area contributed by atoms with E-state index in [1.165, 1.54) is 0 Å². The molecule has 0 spiro atoms. The number of aromatic hydroxyl groups is 2. The Balaban J connectivity index is 0.985. The molecule has 0 aliphatic rings. The lowest BCUT2D eigenvalue weighted by Gasteiger charge is -2.11. The molecule has 8 rings (SSSR count). The van der Waals surface area contributed by atoms with Gasteiger partial charge in [-0.15, -0.1) is 20.4 Å². The van der Waals surface area contributed by atoms with E-state index in [9.17, 15) is 15.0 Å². The maximum absolute atomic E-state index is 13.1. The number of rotatable bonds is 8. The molecule has 11 heteroatoms. The Labute approximate surface area is 296 Å². The summed E-state index contributed by atoms with van der Waals surface area (Å²) in [5, 5.41) is 53.3. The molecule has 3 N–H and O–H groups in total. The number of fused-ring (bicyclic) bond motifs is 2. The molecule has 11 nitrogen and oxygen atoms in total. The lowest BCUT2D eigenvalue weighted by Crippen LogP contribution is -2.12. The number of carbonyl (C=O) groups excluding carboxylic acids is 1. The van der Waals surface area contributed by atoms with Crippen LogP contribution < -0.4 is 5.32 Å². The van der Waals surface area contributed by atoms with Crippen molar-refractivity contribution in [1.29, 1.82) is 0 Å². The molecule has 250 valence electrons. The largest absolute Gasteiger partial charge is 0.506 e. The SMILES string of the molecule is O=C(Nc1ccccc1)c1cc2ccccc2c(N=Nc2ccc(-c3nnc(-c4ccc(N=Nc5c(O)ccc6ccccc56)cc4)o3)cc2)c1O. The lowest BCUT2D eigenvalue weighted by molar-refractivity contribution is 0.102. The van der Waals surface area contributed by atoms with Gasteiger partial charge in [-0.2, -0.15) is 10.2 Å². The number of benzene rings is 7. The number of phenolic OH excluding ortho intramolecular Hbond substituents is 2. The molecule has 0 saturated carbocycles. The number of amides is 1. The molecule has 52 heavy (non-hydrogen) atoms. The number of aromatic nitrogens is 2. The topological polar surface area (TPSA) is 158 Å². The number of nitrogens with one attached hydrogen (secondary N) is 1. The smallest absolute Gasteiger partial charge is 0.259 e. The Hall–Kier alpha value is -7.53. The number of carbonyl (C=O) groups is 1. The zero-order valence-electron chi connectivity index (χ0n) is 27.3. The molecule has 1 amide bonds. The molecule has 0 fully saturated rings. The van der Waals surface area contributed by atoms with Crippen molar-refractivity contribution in [3.05, 3.63) is 151 Å². The van der Waals surface area contributed by atoms with Gasteiger partial charge in [0.15, 0.2) is 5.75 Å². The maximum atomic E-state index is 13.1. The van der Waals surface area contributed by atoms with E-state index >= 15 is 0 Å². The van der Waals surface area contributed by atoms with Crippen LogP contribution in [0.4, 0.5) is 28.4 Å². The molecule has 8 aromatic rings. The van der Waals surface area contributed by atoms with E-state index < -0.39 is 5.91 Å². The fourth-order valence-electron chi connectivity index (χ4n) is 5.67. The molecule has 1 heterocycles. The number of nitrogens with zero attached hydrogens (tertiary/aromatic N) is 6. The molecule has 7 aromatic carbocycles. The summed E-state index contributed by atoms with van der Waals surface area (Å²) in [7, 11) is 0. The van der Waals surface area contributed by atoms with Crippen molar-refractivity contribution in [1.82, 2.24) is 10.2 Å². The van der Waals surface area contributed by atoms with Gasteiger partial charge >= 0.3 is 0 Å². The van der Waals surface area contributed by atoms with E-state index in [4.69, 9.17) is 4.42 Å². The molecule has 0 unspecified atom stereocenters. The number of para-hydroxylation sites is 1. The van der Waals surface area contributed by atoms with Crippen LogP contribution in [0.2, 0.25) is 0 Å². The number of phenols is 2. The fraction of sp³-hybridized carbons (Fsp3) is 0. The third-order valence-corrected chi connectivity index (χ3v) is 8.34. The maximum Gasteiger partial charge on any atom is 0.259 e. The summed E-state index contributed by atoms with van der Waals surface area (Å²) in [4.78, 5) is 13.1. The highest BCUT2D eigenvalue weighted by molar-refractivity contribution is 6.11. The summed E-state index contributed by atoms with van der Waals surface area (Å²) in [6.07, 6.45) is 0. The summed E-state index contributed by atoms with van der Waals surface area (Å²) in [6.45, 7) is 0. The van der Waals surface area contributed by atoms with Gasteiger partial charge in [0.1, 0.15) is 17.1 Å². The highest BCUT2D eigenvalue weighted by atomic mass is 16.4. The van der Waals surface area contributed by atoms with Crippen LogP contribution in [-0.2, 0) is 0 Å². The van der Waals surface area contributed by atoms with Gasteiger partial charge in [-0.05, 0) is 83.6 Å². The minimum absolute atomic E-state index is 0.0527. The summed E-state index contributed by atoms with van der Waals surface area (Å²) in [5.74, 6) is -0.0430. The van der Waals surface area contributed by atoms with Crippen LogP contribution in [0.15, 0.2) is 170 Å². The number of anilines is 1. The number of azo groups is 2. The van der Waals surface area contributed by atoms with Crippen LogP contribution in [0.25, 0.3) is 44.5 Å². The molecule has 0 radical (unpaired) electrons. The Morgan fingerprint density at radius 3 is 1.73 bits per heavy atom. The van der Waals surface area contributed by atoms with Crippen LogP contribution in [-0.4, -0.2) is 26.3 Å². The van der Waals surface area contributed by atoms with Crippen molar-refractivity contribution in [2.75, 3.05) is 5.32 Å². The average Bonchev–Trinajstić information content (AvgIpc) is 3.68. The average molecular weight is 682 g/mol.